The van der Waals surface area contributed by atoms with Gasteiger partial charge in [0.05, 0.1) is 0 Å². The van der Waals surface area contributed by atoms with Crippen molar-refractivity contribution < 1.29 is 23.3 Å². The molecule has 0 nitrogen and oxygen atoms in total. The number of halogens is 1. The third-order valence-corrected chi connectivity index (χ3v) is 12.0. The third-order valence-electron chi connectivity index (χ3n) is 3.08. The first-order valence-corrected chi connectivity index (χ1v) is 13.9. The summed E-state index contributed by atoms with van der Waals surface area (Å²) in [6.07, 6.45) is 6.15. The predicted molar refractivity (Wildman–Crippen MR) is 35.1 cm³/mol. The summed E-state index contributed by atoms with van der Waals surface area (Å²) in [5.74, 6) is 2.24. The predicted octanol–water partition coefficient (Wildman–Crippen LogP) is 2.83. The molecule has 2 aliphatic carbocycles. The van der Waals surface area contributed by atoms with Crippen LogP contribution in [0.15, 0.2) is 0 Å². The SMILES string of the molecule is [Cl][Hg][C@@H]1C[C@H]2CC[C@@H]1C2. The molecule has 0 saturated heterocycles. The van der Waals surface area contributed by atoms with Crippen LogP contribution in [0.2, 0.25) is 3.43 Å². The van der Waals surface area contributed by atoms with Crippen molar-refractivity contribution in [2.45, 2.75) is 29.1 Å². The zero-order valence-corrected chi connectivity index (χ0v) is 11.9. The average molecular weight is 331 g/mol. The summed E-state index contributed by atoms with van der Waals surface area (Å²) in [7, 11) is 6.02. The zero-order valence-electron chi connectivity index (χ0n) is 5.65. The van der Waals surface area contributed by atoms with Gasteiger partial charge in [-0.25, -0.2) is 0 Å². The van der Waals surface area contributed by atoms with E-state index in [9.17, 15) is 0 Å². The van der Waals surface area contributed by atoms with Crippen molar-refractivity contribution in [3.05, 3.63) is 0 Å². The van der Waals surface area contributed by atoms with Crippen LogP contribution >= 0.6 is 8.25 Å². The van der Waals surface area contributed by atoms with Gasteiger partial charge in [0, 0.05) is 0 Å². The summed E-state index contributed by atoms with van der Waals surface area (Å²) >= 11 is -0.815. The Hall–Kier alpha value is 1.23. The molecular formula is C7H11ClHg. The van der Waals surface area contributed by atoms with E-state index in [1.54, 1.807) is 6.42 Å². The summed E-state index contributed by atoms with van der Waals surface area (Å²) < 4.78 is 1.12. The van der Waals surface area contributed by atoms with Crippen molar-refractivity contribution in [2.75, 3.05) is 0 Å². The monoisotopic (exact) mass is 332 g/mol. The van der Waals surface area contributed by atoms with Crippen molar-refractivity contribution in [2.24, 2.45) is 11.8 Å². The van der Waals surface area contributed by atoms with E-state index < -0.39 is 23.3 Å². The van der Waals surface area contributed by atoms with Crippen LogP contribution in [-0.2, 0) is 23.3 Å². The first-order chi connectivity index (χ1) is 4.40. The van der Waals surface area contributed by atoms with Gasteiger partial charge in [-0.1, -0.05) is 0 Å². The Morgan fingerprint density at radius 2 is 2.11 bits per heavy atom. The molecule has 0 heterocycles. The van der Waals surface area contributed by atoms with Crippen LogP contribution in [0.5, 0.6) is 0 Å². The Labute approximate surface area is 72.2 Å². The fourth-order valence-electron chi connectivity index (χ4n) is 2.57. The summed E-state index contributed by atoms with van der Waals surface area (Å²) in [6, 6.07) is 0. The standard InChI is InChI=1S/C7H11.ClH.Hg/c1-2-7-4-3-6(1)5-7;;/h1,6-7H,2-5H2;1H;/q;;+1/p-1/t6-,7+;;/m1../s1. The normalized spacial score (nSPS) is 47.4. The topological polar surface area (TPSA) is 0 Å². The van der Waals surface area contributed by atoms with E-state index in [1.165, 1.54) is 19.3 Å². The second-order valence-corrected chi connectivity index (χ2v) is 11.6. The van der Waals surface area contributed by atoms with Gasteiger partial charge in [0.2, 0.25) is 0 Å². The molecule has 0 unspecified atom stereocenters. The fourth-order valence-corrected chi connectivity index (χ4v) is 10.8. The van der Waals surface area contributed by atoms with Gasteiger partial charge >= 0.3 is 72.5 Å². The van der Waals surface area contributed by atoms with Crippen LogP contribution in [0, 0.1) is 11.8 Å². The van der Waals surface area contributed by atoms with Gasteiger partial charge < -0.3 is 0 Å². The molecule has 2 aliphatic rings. The summed E-state index contributed by atoms with van der Waals surface area (Å²) in [6.45, 7) is 0. The number of fused-ring (bicyclic) bond motifs is 2. The van der Waals surface area contributed by atoms with Crippen molar-refractivity contribution in [1.29, 1.82) is 0 Å². The zero-order chi connectivity index (χ0) is 6.27. The Morgan fingerprint density at radius 1 is 1.22 bits per heavy atom. The molecule has 2 heteroatoms. The van der Waals surface area contributed by atoms with Gasteiger partial charge in [-0.2, -0.15) is 0 Å². The van der Waals surface area contributed by atoms with Gasteiger partial charge in [0.15, 0.2) is 0 Å². The fraction of sp³-hybridized carbons (Fsp3) is 1.00. The van der Waals surface area contributed by atoms with Crippen LogP contribution in [0.3, 0.4) is 0 Å². The van der Waals surface area contributed by atoms with Crippen molar-refractivity contribution >= 4 is 8.25 Å². The van der Waals surface area contributed by atoms with E-state index in [2.05, 4.69) is 0 Å². The van der Waals surface area contributed by atoms with E-state index in [-0.39, 0.29) is 0 Å². The minimum absolute atomic E-state index is 0.815. The number of hydrogen-bond donors (Lipinski definition) is 0. The molecule has 0 aromatic heterocycles. The van der Waals surface area contributed by atoms with Crippen LogP contribution in [0.4, 0.5) is 0 Å². The van der Waals surface area contributed by atoms with Gasteiger partial charge in [-0.15, -0.1) is 0 Å². The number of hydrogen-bond acceptors (Lipinski definition) is 0. The molecule has 0 aliphatic heterocycles. The van der Waals surface area contributed by atoms with Crippen molar-refractivity contribution in [3.63, 3.8) is 0 Å². The summed E-state index contributed by atoms with van der Waals surface area (Å²) in [5.41, 5.74) is 0. The molecule has 2 fully saturated rings. The van der Waals surface area contributed by atoms with Gasteiger partial charge in [-0.3, -0.25) is 0 Å². The van der Waals surface area contributed by atoms with Crippen molar-refractivity contribution in [1.82, 2.24) is 0 Å². The number of rotatable bonds is 1. The molecule has 9 heavy (non-hydrogen) atoms. The maximum atomic E-state index is 6.02. The maximum absolute atomic E-state index is 6.02. The molecule has 0 radical (unpaired) electrons. The average Bonchev–Trinajstić information content (AvgIpc) is 2.45. The quantitative estimate of drug-likeness (QED) is 0.648. The third kappa shape index (κ3) is 1.18. The Morgan fingerprint density at radius 3 is 2.44 bits per heavy atom. The molecule has 0 spiro atoms. The first-order valence-electron chi connectivity index (χ1n) is 3.96. The molecule has 0 N–H and O–H groups in total. The molecule has 2 rings (SSSR count). The Balaban J connectivity index is 2.01. The molecule has 0 aromatic rings. The second-order valence-electron chi connectivity index (χ2n) is 3.59. The van der Waals surface area contributed by atoms with Crippen molar-refractivity contribution in [3.8, 4) is 0 Å². The molecule has 0 aromatic carbocycles. The van der Waals surface area contributed by atoms with Crippen LogP contribution in [-0.4, -0.2) is 0 Å². The molecule has 0 amide bonds. The van der Waals surface area contributed by atoms with E-state index in [1.807, 2.05) is 0 Å². The van der Waals surface area contributed by atoms with E-state index in [0.717, 1.165) is 15.3 Å². The second kappa shape index (κ2) is 2.69. The molecule has 2 saturated carbocycles. The Kier molecular flexibility index (Phi) is 2.07. The molecule has 2 bridgehead atoms. The van der Waals surface area contributed by atoms with E-state index in [0.29, 0.717) is 0 Å². The molecule has 3 atom stereocenters. The Bertz CT molecular complexity index is 115. The first kappa shape index (κ1) is 6.91. The van der Waals surface area contributed by atoms with Crippen LogP contribution in [0.1, 0.15) is 25.7 Å². The summed E-state index contributed by atoms with van der Waals surface area (Å²) in [4.78, 5) is 0. The molecular weight excluding hydrogens is 320 g/mol. The van der Waals surface area contributed by atoms with E-state index >= 15 is 0 Å². The molecule has 48 valence electrons. The minimum atomic E-state index is -0.815. The van der Waals surface area contributed by atoms with Gasteiger partial charge in [-0.05, 0) is 0 Å². The van der Waals surface area contributed by atoms with Crippen LogP contribution < -0.4 is 0 Å². The van der Waals surface area contributed by atoms with Gasteiger partial charge in [0.1, 0.15) is 0 Å². The summed E-state index contributed by atoms with van der Waals surface area (Å²) in [5, 5.41) is 0. The van der Waals surface area contributed by atoms with Gasteiger partial charge in [0.25, 0.3) is 0 Å². The van der Waals surface area contributed by atoms with E-state index in [4.69, 9.17) is 8.25 Å². The van der Waals surface area contributed by atoms with Crippen LogP contribution in [0.25, 0.3) is 0 Å².